The summed E-state index contributed by atoms with van der Waals surface area (Å²) in [5, 5.41) is 8.93. The molecule has 0 spiro atoms. The molecule has 3 heterocycles. The van der Waals surface area contributed by atoms with Gasteiger partial charge in [-0.15, -0.1) is 0 Å². The fourth-order valence-electron chi connectivity index (χ4n) is 3.80. The lowest BCUT2D eigenvalue weighted by Gasteiger charge is -2.23. The maximum absolute atomic E-state index is 14.6. The van der Waals surface area contributed by atoms with Crippen molar-refractivity contribution < 1.29 is 13.9 Å². The number of hydrogen-bond donors (Lipinski definition) is 3. The summed E-state index contributed by atoms with van der Waals surface area (Å²) in [6.07, 6.45) is 3.04. The monoisotopic (exact) mass is 440 g/mol. The number of hydrogen-bond acceptors (Lipinski definition) is 6. The Balaban J connectivity index is 1.69. The molecule has 0 unspecified atom stereocenters. The fourth-order valence-corrected chi connectivity index (χ4v) is 3.80. The third kappa shape index (κ3) is 4.26. The van der Waals surface area contributed by atoms with Crippen LogP contribution >= 0.6 is 0 Å². The maximum Gasteiger partial charge on any atom is 0.319 e. The average molecular weight is 440 g/mol. The van der Waals surface area contributed by atoms with E-state index in [9.17, 15) is 14.0 Å². The normalized spacial score (nSPS) is 14.4. The van der Waals surface area contributed by atoms with Gasteiger partial charge in [0.05, 0.1) is 5.69 Å². The smallest absolute Gasteiger partial charge is 0.319 e. The molecule has 1 fully saturated rings. The van der Waals surface area contributed by atoms with E-state index in [-0.39, 0.29) is 17.3 Å². The summed E-state index contributed by atoms with van der Waals surface area (Å²) >= 11 is 0. The van der Waals surface area contributed by atoms with Gasteiger partial charge < -0.3 is 20.7 Å². The van der Waals surface area contributed by atoms with Crippen molar-refractivity contribution >= 4 is 28.7 Å². The molecule has 10 heteroatoms. The minimum Gasteiger partial charge on any atom is -0.381 e. The van der Waals surface area contributed by atoms with E-state index in [1.54, 1.807) is 33.3 Å². The molecule has 0 radical (unpaired) electrons. The van der Waals surface area contributed by atoms with Crippen molar-refractivity contribution in [2.45, 2.75) is 25.8 Å². The zero-order valence-electron chi connectivity index (χ0n) is 18.2. The van der Waals surface area contributed by atoms with Crippen LogP contribution in [0.2, 0.25) is 0 Å². The van der Waals surface area contributed by atoms with Crippen molar-refractivity contribution in [3.63, 3.8) is 0 Å². The summed E-state index contributed by atoms with van der Waals surface area (Å²) in [6.45, 7) is 2.88. The minimum atomic E-state index is -0.576. The number of urea groups is 1. The molecule has 1 saturated heterocycles. The quantitative estimate of drug-likeness (QED) is 0.576. The Hall–Kier alpha value is -3.53. The van der Waals surface area contributed by atoms with Crippen molar-refractivity contribution in [1.82, 2.24) is 19.9 Å². The molecular formula is C22H25FN6O3. The number of fused-ring (bicyclic) bond motifs is 1. The zero-order valence-corrected chi connectivity index (χ0v) is 18.2. The molecule has 1 aromatic carbocycles. The number of nitrogens with zero attached hydrogens (tertiary/aromatic N) is 3. The second-order valence-electron chi connectivity index (χ2n) is 7.78. The van der Waals surface area contributed by atoms with Gasteiger partial charge in [0.2, 0.25) is 5.95 Å². The number of aryl methyl sites for hydroxylation is 2. The first kappa shape index (κ1) is 21.7. The van der Waals surface area contributed by atoms with Crippen LogP contribution in [0, 0.1) is 12.7 Å². The minimum absolute atomic E-state index is 0.000842. The Labute approximate surface area is 184 Å². The molecule has 3 aromatic rings. The summed E-state index contributed by atoms with van der Waals surface area (Å²) in [4.78, 5) is 34.0. The first-order chi connectivity index (χ1) is 15.4. The number of pyridine rings is 1. The van der Waals surface area contributed by atoms with Crippen molar-refractivity contribution in [3.8, 4) is 11.1 Å². The number of aromatic nitrogens is 3. The first-order valence-corrected chi connectivity index (χ1v) is 10.4. The number of rotatable bonds is 4. The first-order valence-electron chi connectivity index (χ1n) is 10.4. The Bertz CT molecular complexity index is 1240. The van der Waals surface area contributed by atoms with E-state index in [1.807, 2.05) is 0 Å². The van der Waals surface area contributed by atoms with Gasteiger partial charge >= 0.3 is 6.03 Å². The number of anilines is 2. The molecule has 1 aliphatic rings. The van der Waals surface area contributed by atoms with Gasteiger partial charge in [0.15, 0.2) is 0 Å². The summed E-state index contributed by atoms with van der Waals surface area (Å²) in [7, 11) is 3.32. The SMILES string of the molecule is CNc1ncc2cc(-c3cc(NC(=O)NC4CCOCC4)c(F)cc3C)c(=O)n(C)c2n1. The van der Waals surface area contributed by atoms with Crippen LogP contribution in [0.3, 0.4) is 0 Å². The second kappa shape index (κ2) is 8.91. The zero-order chi connectivity index (χ0) is 22.8. The van der Waals surface area contributed by atoms with Gasteiger partial charge in [-0.1, -0.05) is 0 Å². The summed E-state index contributed by atoms with van der Waals surface area (Å²) in [5.74, 6) is -0.173. The van der Waals surface area contributed by atoms with Gasteiger partial charge in [-0.2, -0.15) is 4.98 Å². The number of nitrogens with one attached hydrogen (secondary N) is 3. The molecule has 9 nitrogen and oxygen atoms in total. The molecule has 32 heavy (non-hydrogen) atoms. The highest BCUT2D eigenvalue weighted by Gasteiger charge is 2.19. The number of halogens is 1. The van der Waals surface area contributed by atoms with Gasteiger partial charge in [0.1, 0.15) is 11.5 Å². The predicted molar refractivity (Wildman–Crippen MR) is 120 cm³/mol. The van der Waals surface area contributed by atoms with Gasteiger partial charge in [-0.05, 0) is 49.1 Å². The standard InChI is InChI=1S/C22H25FN6O3/c1-12-8-17(23)18(27-22(31)26-14-4-6-32-7-5-14)10-15(12)16-9-13-11-25-21(24-2)28-19(13)29(3)20(16)30/h8-11,14H,4-7H2,1-3H3,(H,24,25,28)(H2,26,27,31). The van der Waals surface area contributed by atoms with Gasteiger partial charge in [-0.3, -0.25) is 9.36 Å². The predicted octanol–water partition coefficient (Wildman–Crippen LogP) is 2.79. The van der Waals surface area contributed by atoms with E-state index in [1.165, 1.54) is 16.7 Å². The Morgan fingerprint density at radius 3 is 2.69 bits per heavy atom. The lowest BCUT2D eigenvalue weighted by atomic mass is 9.99. The lowest BCUT2D eigenvalue weighted by Crippen LogP contribution is -2.41. The van der Waals surface area contributed by atoms with Gasteiger partial charge in [0, 0.05) is 50.5 Å². The Morgan fingerprint density at radius 2 is 1.97 bits per heavy atom. The molecule has 4 rings (SSSR count). The van der Waals surface area contributed by atoms with E-state index in [2.05, 4.69) is 25.9 Å². The molecule has 2 aromatic heterocycles. The molecule has 168 valence electrons. The number of benzene rings is 1. The van der Waals surface area contributed by atoms with Crippen LogP contribution in [0.25, 0.3) is 22.2 Å². The summed E-state index contributed by atoms with van der Waals surface area (Å²) < 4.78 is 21.3. The molecular weight excluding hydrogens is 415 g/mol. The van der Waals surface area contributed by atoms with Crippen molar-refractivity contribution in [2.75, 3.05) is 30.9 Å². The Morgan fingerprint density at radius 1 is 1.22 bits per heavy atom. The molecule has 0 bridgehead atoms. The van der Waals surface area contributed by atoms with Crippen LogP contribution in [0.1, 0.15) is 18.4 Å². The van der Waals surface area contributed by atoms with Crippen molar-refractivity contribution in [3.05, 3.63) is 46.1 Å². The number of amides is 2. The molecule has 3 N–H and O–H groups in total. The van der Waals surface area contributed by atoms with Crippen LogP contribution in [-0.4, -0.2) is 46.9 Å². The van der Waals surface area contributed by atoms with Crippen LogP contribution in [0.4, 0.5) is 20.8 Å². The number of ether oxygens (including phenoxy) is 1. The van der Waals surface area contributed by atoms with Crippen LogP contribution < -0.4 is 21.5 Å². The third-order valence-electron chi connectivity index (χ3n) is 5.58. The van der Waals surface area contributed by atoms with E-state index < -0.39 is 11.8 Å². The topological polar surface area (TPSA) is 110 Å². The Kier molecular flexibility index (Phi) is 6.04. The van der Waals surface area contributed by atoms with Crippen molar-refractivity contribution in [2.24, 2.45) is 7.05 Å². The molecule has 1 aliphatic heterocycles. The largest absolute Gasteiger partial charge is 0.381 e. The number of carbonyl (C=O) groups excluding carboxylic acids is 1. The second-order valence-corrected chi connectivity index (χ2v) is 7.78. The van der Waals surface area contributed by atoms with Gasteiger partial charge in [0.25, 0.3) is 5.56 Å². The molecule has 0 saturated carbocycles. The third-order valence-corrected chi connectivity index (χ3v) is 5.58. The van der Waals surface area contributed by atoms with Crippen LogP contribution in [0.5, 0.6) is 0 Å². The van der Waals surface area contributed by atoms with E-state index in [0.29, 0.717) is 59.7 Å². The summed E-state index contributed by atoms with van der Waals surface area (Å²) in [6, 6.07) is 3.96. The van der Waals surface area contributed by atoms with Gasteiger partial charge in [-0.25, -0.2) is 14.2 Å². The van der Waals surface area contributed by atoms with Crippen molar-refractivity contribution in [1.29, 1.82) is 0 Å². The highest BCUT2D eigenvalue weighted by atomic mass is 19.1. The highest BCUT2D eigenvalue weighted by molar-refractivity contribution is 5.91. The number of carbonyl (C=O) groups is 1. The van der Waals surface area contributed by atoms with Crippen LogP contribution in [-0.2, 0) is 11.8 Å². The average Bonchev–Trinajstić information content (AvgIpc) is 2.78. The maximum atomic E-state index is 14.6. The van der Waals surface area contributed by atoms with E-state index in [0.717, 1.165) is 0 Å². The highest BCUT2D eigenvalue weighted by Crippen LogP contribution is 2.28. The molecule has 2 amide bonds. The fraction of sp³-hybridized carbons (Fsp3) is 0.364. The van der Waals surface area contributed by atoms with E-state index >= 15 is 0 Å². The molecule has 0 aliphatic carbocycles. The molecule has 0 atom stereocenters. The summed E-state index contributed by atoms with van der Waals surface area (Å²) in [5.41, 5.74) is 1.65. The lowest BCUT2D eigenvalue weighted by molar-refractivity contribution is 0.0806. The van der Waals surface area contributed by atoms with E-state index in [4.69, 9.17) is 4.74 Å². The van der Waals surface area contributed by atoms with Crippen LogP contribution in [0.15, 0.2) is 29.2 Å².